The molecule has 33 heavy (non-hydrogen) atoms. The number of rotatable bonds is 5. The molecule has 2 amide bonds. The van der Waals surface area contributed by atoms with Crippen LogP contribution in [0.1, 0.15) is 26.3 Å². The van der Waals surface area contributed by atoms with Gasteiger partial charge in [-0.3, -0.25) is 9.59 Å². The molecular weight excluding hydrogens is 442 g/mol. The molecule has 2 aromatic heterocycles. The second-order valence-electron chi connectivity index (χ2n) is 7.73. The molecule has 3 heterocycles. The lowest BCUT2D eigenvalue weighted by Crippen LogP contribution is -2.49. The molecule has 1 aliphatic heterocycles. The minimum Gasteiger partial charge on any atom is -0.481 e. The lowest BCUT2D eigenvalue weighted by atomic mass is 10.1. The van der Waals surface area contributed by atoms with E-state index >= 15 is 0 Å². The molecule has 1 aromatic carbocycles. The number of hydrogen-bond donors (Lipinski definition) is 1. The number of anilines is 2. The van der Waals surface area contributed by atoms with Crippen molar-refractivity contribution in [2.45, 2.75) is 6.92 Å². The maximum absolute atomic E-state index is 12.9. The summed E-state index contributed by atoms with van der Waals surface area (Å²) in [4.78, 5) is 37.6. The van der Waals surface area contributed by atoms with Crippen molar-refractivity contribution in [2.24, 2.45) is 0 Å². The number of nitrogens with zero attached hydrogens (tertiary/aromatic N) is 4. The van der Waals surface area contributed by atoms with Crippen molar-refractivity contribution in [3.05, 3.63) is 76.6 Å². The Bertz CT molecular complexity index is 1140. The van der Waals surface area contributed by atoms with Crippen LogP contribution in [0.3, 0.4) is 0 Å². The van der Waals surface area contributed by atoms with E-state index in [0.29, 0.717) is 48.9 Å². The second-order valence-corrected chi connectivity index (χ2v) is 8.11. The highest BCUT2D eigenvalue weighted by molar-refractivity contribution is 6.29. The summed E-state index contributed by atoms with van der Waals surface area (Å²) in [5.74, 6) is 0.816. The van der Waals surface area contributed by atoms with Crippen molar-refractivity contribution in [3.8, 4) is 5.88 Å². The molecule has 0 unspecified atom stereocenters. The van der Waals surface area contributed by atoms with Gasteiger partial charge in [0.1, 0.15) is 11.0 Å². The summed E-state index contributed by atoms with van der Waals surface area (Å²) < 4.78 is 5.10. The molecule has 0 saturated carbocycles. The molecular formula is C24H24ClN5O3. The normalized spacial score (nSPS) is 13.5. The number of aromatic nitrogens is 2. The van der Waals surface area contributed by atoms with Crippen molar-refractivity contribution < 1.29 is 14.3 Å². The Kier molecular flexibility index (Phi) is 6.74. The van der Waals surface area contributed by atoms with Gasteiger partial charge in [0.2, 0.25) is 5.88 Å². The van der Waals surface area contributed by atoms with E-state index in [-0.39, 0.29) is 17.0 Å². The Hall–Kier alpha value is -3.65. The van der Waals surface area contributed by atoms with Crippen LogP contribution in [0.25, 0.3) is 0 Å². The van der Waals surface area contributed by atoms with Crippen LogP contribution in [0.2, 0.25) is 5.15 Å². The third-order valence-electron chi connectivity index (χ3n) is 5.44. The summed E-state index contributed by atoms with van der Waals surface area (Å²) in [5, 5.41) is 3.08. The Morgan fingerprint density at radius 1 is 1.00 bits per heavy atom. The molecule has 0 bridgehead atoms. The summed E-state index contributed by atoms with van der Waals surface area (Å²) >= 11 is 6.00. The first-order valence-electron chi connectivity index (χ1n) is 10.5. The van der Waals surface area contributed by atoms with Gasteiger partial charge in [0.15, 0.2) is 0 Å². The summed E-state index contributed by atoms with van der Waals surface area (Å²) in [6, 6.07) is 14.2. The Labute approximate surface area is 197 Å². The Morgan fingerprint density at radius 2 is 1.73 bits per heavy atom. The maximum Gasteiger partial charge on any atom is 0.255 e. The van der Waals surface area contributed by atoms with Crippen LogP contribution in [-0.2, 0) is 0 Å². The zero-order valence-corrected chi connectivity index (χ0v) is 19.2. The number of piperazine rings is 1. The molecule has 0 aliphatic carbocycles. The van der Waals surface area contributed by atoms with Crippen molar-refractivity contribution in [1.29, 1.82) is 0 Å². The summed E-state index contributed by atoms with van der Waals surface area (Å²) in [6.45, 7) is 4.36. The van der Waals surface area contributed by atoms with Gasteiger partial charge in [0.25, 0.3) is 11.8 Å². The van der Waals surface area contributed by atoms with E-state index in [4.69, 9.17) is 16.3 Å². The van der Waals surface area contributed by atoms with Gasteiger partial charge in [-0.15, -0.1) is 0 Å². The van der Waals surface area contributed by atoms with E-state index in [2.05, 4.69) is 20.2 Å². The highest BCUT2D eigenvalue weighted by Gasteiger charge is 2.24. The maximum atomic E-state index is 12.9. The molecule has 1 N–H and O–H groups in total. The molecule has 4 rings (SSSR count). The topological polar surface area (TPSA) is 87.7 Å². The van der Waals surface area contributed by atoms with Gasteiger partial charge in [-0.05, 0) is 37.3 Å². The van der Waals surface area contributed by atoms with Crippen LogP contribution in [0.15, 0.2) is 54.7 Å². The van der Waals surface area contributed by atoms with E-state index in [9.17, 15) is 9.59 Å². The zero-order valence-electron chi connectivity index (χ0n) is 18.4. The lowest BCUT2D eigenvalue weighted by molar-refractivity contribution is 0.0745. The summed E-state index contributed by atoms with van der Waals surface area (Å²) in [5.41, 5.74) is 2.77. The van der Waals surface area contributed by atoms with Crippen LogP contribution < -0.4 is 15.0 Å². The number of halogens is 1. The number of aryl methyl sites for hydroxylation is 1. The fourth-order valence-corrected chi connectivity index (χ4v) is 3.78. The third-order valence-corrected chi connectivity index (χ3v) is 5.63. The fraction of sp³-hybridized carbons (Fsp3) is 0.250. The van der Waals surface area contributed by atoms with Crippen molar-refractivity contribution >= 4 is 34.9 Å². The smallest absolute Gasteiger partial charge is 0.255 e. The average Bonchev–Trinajstić information content (AvgIpc) is 2.84. The minimum absolute atomic E-state index is 0.112. The van der Waals surface area contributed by atoms with Gasteiger partial charge in [-0.25, -0.2) is 9.97 Å². The fourth-order valence-electron chi connectivity index (χ4n) is 3.58. The standard InChI is InChI=1S/C24H24ClN5O3/c1-16-3-5-17(6-4-16)23(31)27-19-7-8-21(26-15-19)29-9-11-30(12-10-29)24(32)18-13-20(25)28-22(14-18)33-2/h3-8,13-15H,9-12H2,1-2H3,(H,27,31). The van der Waals surface area contributed by atoms with Crippen LogP contribution in [0.5, 0.6) is 5.88 Å². The van der Waals surface area contributed by atoms with Crippen LogP contribution in [0, 0.1) is 6.92 Å². The number of methoxy groups -OCH3 is 1. The Balaban J connectivity index is 1.34. The van der Waals surface area contributed by atoms with Crippen LogP contribution in [-0.4, -0.2) is 60.0 Å². The first kappa shape index (κ1) is 22.5. The summed E-state index contributed by atoms with van der Waals surface area (Å²) in [6.07, 6.45) is 1.64. The van der Waals surface area contributed by atoms with Gasteiger partial charge in [-0.2, -0.15) is 0 Å². The van der Waals surface area contributed by atoms with E-state index in [1.807, 2.05) is 31.2 Å². The largest absolute Gasteiger partial charge is 0.481 e. The molecule has 9 heteroatoms. The summed E-state index contributed by atoms with van der Waals surface area (Å²) in [7, 11) is 1.48. The molecule has 1 aliphatic rings. The van der Waals surface area contributed by atoms with Crippen molar-refractivity contribution in [3.63, 3.8) is 0 Å². The van der Waals surface area contributed by atoms with Gasteiger partial charge in [-0.1, -0.05) is 29.3 Å². The van der Waals surface area contributed by atoms with Crippen molar-refractivity contribution in [2.75, 3.05) is 43.5 Å². The molecule has 170 valence electrons. The quantitative estimate of drug-likeness (QED) is 0.578. The minimum atomic E-state index is -0.176. The lowest BCUT2D eigenvalue weighted by Gasteiger charge is -2.35. The molecule has 1 saturated heterocycles. The van der Waals surface area contributed by atoms with Gasteiger partial charge in [0.05, 0.1) is 19.0 Å². The number of ether oxygens (including phenoxy) is 1. The second kappa shape index (κ2) is 9.87. The molecule has 0 spiro atoms. The predicted octanol–water partition coefficient (Wildman–Crippen LogP) is 3.66. The zero-order chi connectivity index (χ0) is 23.4. The number of benzene rings is 1. The van der Waals surface area contributed by atoms with E-state index in [0.717, 1.165) is 11.4 Å². The first-order valence-corrected chi connectivity index (χ1v) is 10.9. The number of carbonyl (C=O) groups is 2. The number of carbonyl (C=O) groups excluding carboxylic acids is 2. The van der Waals surface area contributed by atoms with Gasteiger partial charge in [0, 0.05) is 43.4 Å². The van der Waals surface area contributed by atoms with Crippen LogP contribution >= 0.6 is 11.6 Å². The number of nitrogens with one attached hydrogen (secondary N) is 1. The SMILES string of the molecule is COc1cc(C(=O)N2CCN(c3ccc(NC(=O)c4ccc(C)cc4)cn3)CC2)cc(Cl)n1. The van der Waals surface area contributed by atoms with Crippen LogP contribution in [0.4, 0.5) is 11.5 Å². The average molecular weight is 466 g/mol. The molecule has 8 nitrogen and oxygen atoms in total. The molecule has 3 aromatic rings. The predicted molar refractivity (Wildman–Crippen MR) is 127 cm³/mol. The van der Waals surface area contributed by atoms with E-state index in [1.165, 1.54) is 7.11 Å². The number of pyridine rings is 2. The van der Waals surface area contributed by atoms with E-state index in [1.54, 1.807) is 35.4 Å². The first-order chi connectivity index (χ1) is 15.9. The molecule has 1 fully saturated rings. The van der Waals surface area contributed by atoms with Crippen molar-refractivity contribution in [1.82, 2.24) is 14.9 Å². The number of amides is 2. The molecule has 0 radical (unpaired) electrons. The van der Waals surface area contributed by atoms with E-state index < -0.39 is 0 Å². The number of hydrogen-bond acceptors (Lipinski definition) is 6. The molecule has 0 atom stereocenters. The highest BCUT2D eigenvalue weighted by atomic mass is 35.5. The Morgan fingerprint density at radius 3 is 2.36 bits per heavy atom. The van der Waals surface area contributed by atoms with Gasteiger partial charge >= 0.3 is 0 Å². The highest BCUT2D eigenvalue weighted by Crippen LogP contribution is 2.20. The third kappa shape index (κ3) is 5.40. The van der Waals surface area contributed by atoms with Gasteiger partial charge < -0.3 is 19.9 Å². The monoisotopic (exact) mass is 465 g/mol.